The molecule has 0 fully saturated rings. The van der Waals surface area contributed by atoms with Gasteiger partial charge >= 0.3 is 5.97 Å². The van der Waals surface area contributed by atoms with Gasteiger partial charge in [-0.05, 0) is 60.7 Å². The predicted molar refractivity (Wildman–Crippen MR) is 175 cm³/mol. The molecule has 0 saturated carbocycles. The summed E-state index contributed by atoms with van der Waals surface area (Å²) in [5.74, 6) is 1.01. The zero-order valence-corrected chi connectivity index (χ0v) is 26.4. The van der Waals surface area contributed by atoms with Crippen LogP contribution in [0.25, 0.3) is 23.1 Å². The molecule has 1 aliphatic rings. The van der Waals surface area contributed by atoms with Gasteiger partial charge in [0.15, 0.2) is 4.80 Å². The highest BCUT2D eigenvalue weighted by molar-refractivity contribution is 7.07. The Hall–Kier alpha value is -4.46. The van der Waals surface area contributed by atoms with E-state index >= 15 is 0 Å². The fourth-order valence-electron chi connectivity index (χ4n) is 5.38. The maximum Gasteiger partial charge on any atom is 0.338 e. The van der Waals surface area contributed by atoms with Gasteiger partial charge in [-0.3, -0.25) is 9.36 Å². The van der Waals surface area contributed by atoms with Crippen LogP contribution in [0, 0.1) is 6.92 Å². The van der Waals surface area contributed by atoms with Crippen molar-refractivity contribution in [2.75, 3.05) is 6.61 Å². The van der Waals surface area contributed by atoms with Crippen molar-refractivity contribution in [3.8, 4) is 11.3 Å². The summed E-state index contributed by atoms with van der Waals surface area (Å²) >= 11 is 7.50. The number of aryl methyl sites for hydroxylation is 1. The summed E-state index contributed by atoms with van der Waals surface area (Å²) in [6.45, 7) is 8.21. The number of aromatic nitrogens is 1. The number of fused-ring (bicyclic) bond motifs is 1. The number of thiazole rings is 1. The number of nitrogens with zero attached hydrogens (tertiary/aromatic N) is 2. The molecule has 0 amide bonds. The summed E-state index contributed by atoms with van der Waals surface area (Å²) in [4.78, 5) is 33.2. The Morgan fingerprint density at radius 1 is 1.07 bits per heavy atom. The summed E-state index contributed by atoms with van der Waals surface area (Å²) in [6, 6.07) is 26.2. The lowest BCUT2D eigenvalue weighted by atomic mass is 9.91. The molecule has 8 heteroatoms. The van der Waals surface area contributed by atoms with Crippen molar-refractivity contribution >= 4 is 40.7 Å². The molecule has 0 spiro atoms. The van der Waals surface area contributed by atoms with Gasteiger partial charge in [-0.2, -0.15) is 0 Å². The zero-order valence-electron chi connectivity index (χ0n) is 24.8. The van der Waals surface area contributed by atoms with Crippen LogP contribution in [0.15, 0.2) is 105 Å². The minimum Gasteiger partial charge on any atom is -0.463 e. The van der Waals surface area contributed by atoms with Gasteiger partial charge in [-0.25, -0.2) is 9.79 Å². The second-order valence-corrected chi connectivity index (χ2v) is 12.4. The number of benzene rings is 3. The van der Waals surface area contributed by atoms with E-state index in [1.807, 2.05) is 91.9 Å². The predicted octanol–water partition coefficient (Wildman–Crippen LogP) is 7.28. The lowest BCUT2D eigenvalue weighted by Crippen LogP contribution is -2.40. The van der Waals surface area contributed by atoms with Crippen molar-refractivity contribution in [3.63, 3.8) is 0 Å². The molecule has 5 aromatic rings. The first kappa shape index (κ1) is 29.6. The third kappa shape index (κ3) is 5.61. The van der Waals surface area contributed by atoms with E-state index in [2.05, 4.69) is 13.8 Å². The highest BCUT2D eigenvalue weighted by Crippen LogP contribution is 2.36. The molecule has 0 saturated heterocycles. The van der Waals surface area contributed by atoms with Crippen LogP contribution in [0.2, 0.25) is 5.02 Å². The second kappa shape index (κ2) is 12.3. The van der Waals surface area contributed by atoms with E-state index in [0.29, 0.717) is 43.1 Å². The SMILES string of the molecule is CCOC(=O)C1=C(c2ccccc2)N=c2s/c(=C\c3ccc(-c4cc(Cl)ccc4C)o3)c(=O)n2[C@H]1c1ccc(C(C)C)cc1. The van der Waals surface area contributed by atoms with Gasteiger partial charge in [-0.1, -0.05) is 97.4 Å². The highest BCUT2D eigenvalue weighted by atomic mass is 35.5. The smallest absolute Gasteiger partial charge is 0.338 e. The van der Waals surface area contributed by atoms with Gasteiger partial charge in [0, 0.05) is 22.2 Å². The Morgan fingerprint density at radius 2 is 1.82 bits per heavy atom. The van der Waals surface area contributed by atoms with E-state index in [0.717, 1.165) is 27.8 Å². The van der Waals surface area contributed by atoms with E-state index in [4.69, 9.17) is 25.7 Å². The summed E-state index contributed by atoms with van der Waals surface area (Å²) in [6.07, 6.45) is 1.72. The fourth-order valence-corrected chi connectivity index (χ4v) is 6.54. The number of hydrogen-bond acceptors (Lipinski definition) is 6. The molecule has 3 aromatic carbocycles. The Bertz CT molecular complexity index is 2070. The summed E-state index contributed by atoms with van der Waals surface area (Å²) in [5.41, 5.74) is 5.19. The Labute approximate surface area is 264 Å². The molecule has 0 radical (unpaired) electrons. The molecule has 0 bridgehead atoms. The van der Waals surface area contributed by atoms with Crippen LogP contribution < -0.4 is 14.9 Å². The highest BCUT2D eigenvalue weighted by Gasteiger charge is 2.35. The monoisotopic (exact) mass is 622 g/mol. The minimum atomic E-state index is -0.731. The lowest BCUT2D eigenvalue weighted by Gasteiger charge is -2.26. The van der Waals surface area contributed by atoms with Crippen molar-refractivity contribution in [1.29, 1.82) is 0 Å². The first-order valence-corrected chi connectivity index (χ1v) is 15.7. The van der Waals surface area contributed by atoms with Gasteiger partial charge in [-0.15, -0.1) is 0 Å². The number of hydrogen-bond donors (Lipinski definition) is 0. The van der Waals surface area contributed by atoms with Crippen LogP contribution in [0.3, 0.4) is 0 Å². The molecule has 0 aliphatic carbocycles. The van der Waals surface area contributed by atoms with Gasteiger partial charge in [0.05, 0.1) is 28.5 Å². The molecular weight excluding hydrogens is 592 g/mol. The standard InChI is InChI=1S/C36H31ClN2O4S/c1-5-42-35(41)31-32(24-9-7-6-8-10-24)38-36-39(33(31)25-14-12-23(13-15-25)21(2)3)34(40)30(44-36)20-27-17-18-29(43-27)28-19-26(37)16-11-22(28)4/h6-21,33H,5H2,1-4H3/b30-20-/t33-/m0/s1. The maximum absolute atomic E-state index is 14.2. The minimum absolute atomic E-state index is 0.195. The molecule has 1 atom stereocenters. The molecule has 1 aliphatic heterocycles. The van der Waals surface area contributed by atoms with E-state index in [1.165, 1.54) is 11.3 Å². The third-order valence-electron chi connectivity index (χ3n) is 7.66. The Morgan fingerprint density at radius 3 is 2.52 bits per heavy atom. The first-order chi connectivity index (χ1) is 21.2. The van der Waals surface area contributed by atoms with Crippen molar-refractivity contribution < 1.29 is 13.9 Å². The lowest BCUT2D eigenvalue weighted by molar-refractivity contribution is -0.138. The average molecular weight is 623 g/mol. The van der Waals surface area contributed by atoms with Crippen LogP contribution >= 0.6 is 22.9 Å². The number of carbonyl (C=O) groups is 1. The first-order valence-electron chi connectivity index (χ1n) is 14.5. The second-order valence-electron chi connectivity index (χ2n) is 10.9. The maximum atomic E-state index is 14.2. The Kier molecular flexibility index (Phi) is 8.25. The van der Waals surface area contributed by atoms with Crippen molar-refractivity contribution in [2.45, 2.75) is 39.7 Å². The third-order valence-corrected chi connectivity index (χ3v) is 8.88. The zero-order chi connectivity index (χ0) is 31.0. The van der Waals surface area contributed by atoms with Crippen LogP contribution in [-0.2, 0) is 9.53 Å². The molecule has 6 nitrogen and oxygen atoms in total. The van der Waals surface area contributed by atoms with E-state index in [1.54, 1.807) is 17.6 Å². The number of ether oxygens (including phenoxy) is 1. The quantitative estimate of drug-likeness (QED) is 0.179. The van der Waals surface area contributed by atoms with Crippen LogP contribution in [-0.4, -0.2) is 17.1 Å². The van der Waals surface area contributed by atoms with Crippen molar-refractivity contribution in [2.24, 2.45) is 4.99 Å². The van der Waals surface area contributed by atoms with E-state index < -0.39 is 12.0 Å². The summed E-state index contributed by atoms with van der Waals surface area (Å²) in [7, 11) is 0. The van der Waals surface area contributed by atoms with Crippen LogP contribution in [0.5, 0.6) is 0 Å². The average Bonchev–Trinajstić information content (AvgIpc) is 3.62. The van der Waals surface area contributed by atoms with Gasteiger partial charge in [0.25, 0.3) is 5.56 Å². The van der Waals surface area contributed by atoms with Crippen LogP contribution in [0.1, 0.15) is 60.7 Å². The number of carbonyl (C=O) groups excluding carboxylic acids is 1. The molecule has 0 unspecified atom stereocenters. The number of halogens is 1. The normalized spacial score (nSPS) is 15.0. The summed E-state index contributed by atoms with van der Waals surface area (Å²) < 4.78 is 13.8. The molecule has 2 aromatic heterocycles. The van der Waals surface area contributed by atoms with Gasteiger partial charge in [0.2, 0.25) is 0 Å². The molecule has 44 heavy (non-hydrogen) atoms. The van der Waals surface area contributed by atoms with E-state index in [-0.39, 0.29) is 12.2 Å². The van der Waals surface area contributed by atoms with Crippen molar-refractivity contribution in [1.82, 2.24) is 4.57 Å². The fraction of sp³-hybridized carbons (Fsp3) is 0.194. The van der Waals surface area contributed by atoms with Crippen LogP contribution in [0.4, 0.5) is 0 Å². The molecular formula is C36H31ClN2O4S. The topological polar surface area (TPSA) is 73.8 Å². The number of furan rings is 1. The molecule has 3 heterocycles. The van der Waals surface area contributed by atoms with Crippen molar-refractivity contribution in [3.05, 3.63) is 143 Å². The molecule has 222 valence electrons. The van der Waals surface area contributed by atoms with Gasteiger partial charge in [0.1, 0.15) is 11.5 Å². The molecule has 0 N–H and O–H groups in total. The Balaban J connectivity index is 1.56. The number of esters is 1. The van der Waals surface area contributed by atoms with E-state index in [9.17, 15) is 9.59 Å². The summed E-state index contributed by atoms with van der Waals surface area (Å²) in [5, 5.41) is 0.616. The van der Waals surface area contributed by atoms with Gasteiger partial charge < -0.3 is 9.15 Å². The number of rotatable bonds is 7. The largest absolute Gasteiger partial charge is 0.463 e. The molecule has 6 rings (SSSR count).